The molecule has 0 spiro atoms. The van der Waals surface area contributed by atoms with Crippen molar-refractivity contribution >= 4 is 46.3 Å². The zero-order valence-corrected chi connectivity index (χ0v) is 20.2. The SMILES string of the molecule is CC(C)(C)c1ccc(C=CC=C2SC(N3CCN(c4cccc(Cl)n4)CC3)=NC2=O)cc1. The molecule has 0 N–H and O–H groups in total. The normalized spacial score (nSPS) is 18.7. The van der Waals surface area contributed by atoms with Gasteiger partial charge >= 0.3 is 0 Å². The van der Waals surface area contributed by atoms with Gasteiger partial charge in [-0.15, -0.1) is 0 Å². The fourth-order valence-electron chi connectivity index (χ4n) is 3.59. The highest BCUT2D eigenvalue weighted by atomic mass is 35.5. The van der Waals surface area contributed by atoms with E-state index in [2.05, 4.69) is 64.8 Å². The van der Waals surface area contributed by atoms with Crippen LogP contribution in [0.1, 0.15) is 31.9 Å². The number of amides is 1. The molecule has 4 rings (SSSR count). The van der Waals surface area contributed by atoms with Crippen LogP contribution in [0.25, 0.3) is 6.08 Å². The number of anilines is 1. The van der Waals surface area contributed by atoms with Gasteiger partial charge in [-0.05, 0) is 46.5 Å². The number of piperazine rings is 1. The molecule has 1 fully saturated rings. The summed E-state index contributed by atoms with van der Waals surface area (Å²) in [6, 6.07) is 14.2. The van der Waals surface area contributed by atoms with Crippen molar-refractivity contribution < 1.29 is 4.79 Å². The molecule has 0 atom stereocenters. The number of carbonyl (C=O) groups excluding carboxylic acids is 1. The Morgan fingerprint density at radius 1 is 1.00 bits per heavy atom. The third kappa shape index (κ3) is 5.43. The number of allylic oxidation sites excluding steroid dienone is 2. The summed E-state index contributed by atoms with van der Waals surface area (Å²) in [5.41, 5.74) is 2.55. The zero-order valence-electron chi connectivity index (χ0n) is 18.6. The number of halogens is 1. The highest BCUT2D eigenvalue weighted by Gasteiger charge is 2.28. The lowest BCUT2D eigenvalue weighted by atomic mass is 9.87. The average molecular weight is 467 g/mol. The van der Waals surface area contributed by atoms with Gasteiger partial charge in [0, 0.05) is 26.2 Å². The van der Waals surface area contributed by atoms with E-state index in [4.69, 9.17) is 11.6 Å². The lowest BCUT2D eigenvalue weighted by Crippen LogP contribution is -2.48. The molecule has 0 aliphatic carbocycles. The van der Waals surface area contributed by atoms with Crippen LogP contribution in [0.5, 0.6) is 0 Å². The van der Waals surface area contributed by atoms with Crippen molar-refractivity contribution in [1.29, 1.82) is 0 Å². The highest BCUT2D eigenvalue weighted by Crippen LogP contribution is 2.29. The first-order valence-electron chi connectivity index (χ1n) is 10.7. The smallest absolute Gasteiger partial charge is 0.286 e. The van der Waals surface area contributed by atoms with E-state index in [0.29, 0.717) is 10.1 Å². The van der Waals surface area contributed by atoms with Crippen molar-refractivity contribution in [1.82, 2.24) is 9.88 Å². The minimum Gasteiger partial charge on any atom is -0.353 e. The van der Waals surface area contributed by atoms with Gasteiger partial charge in [-0.3, -0.25) is 4.79 Å². The number of carbonyl (C=O) groups is 1. The molecule has 166 valence electrons. The van der Waals surface area contributed by atoms with E-state index in [1.54, 1.807) is 6.07 Å². The number of hydrogen-bond donors (Lipinski definition) is 0. The number of amidine groups is 1. The fourth-order valence-corrected chi connectivity index (χ4v) is 4.66. The molecule has 0 saturated carbocycles. The molecule has 1 aromatic heterocycles. The van der Waals surface area contributed by atoms with Gasteiger partial charge in [0.2, 0.25) is 0 Å². The Bertz CT molecular complexity index is 1080. The second-order valence-corrected chi connectivity index (χ2v) is 10.3. The van der Waals surface area contributed by atoms with Crippen molar-refractivity contribution in [3.63, 3.8) is 0 Å². The minimum absolute atomic E-state index is 0.140. The van der Waals surface area contributed by atoms with Crippen LogP contribution in [-0.2, 0) is 10.2 Å². The summed E-state index contributed by atoms with van der Waals surface area (Å²) in [6.45, 7) is 9.81. The van der Waals surface area contributed by atoms with Crippen molar-refractivity contribution in [2.24, 2.45) is 4.99 Å². The Morgan fingerprint density at radius 2 is 1.69 bits per heavy atom. The summed E-state index contributed by atoms with van der Waals surface area (Å²) in [5, 5.41) is 1.28. The molecule has 3 heterocycles. The maximum atomic E-state index is 12.4. The second kappa shape index (κ2) is 9.51. The van der Waals surface area contributed by atoms with Crippen molar-refractivity contribution in [3.8, 4) is 0 Å². The van der Waals surface area contributed by atoms with Gasteiger partial charge in [0.15, 0.2) is 5.17 Å². The first-order chi connectivity index (χ1) is 15.3. The molecule has 0 radical (unpaired) electrons. The maximum Gasteiger partial charge on any atom is 0.286 e. The Labute approximate surface area is 198 Å². The van der Waals surface area contributed by atoms with E-state index in [9.17, 15) is 4.79 Å². The van der Waals surface area contributed by atoms with Crippen molar-refractivity contribution in [2.45, 2.75) is 26.2 Å². The standard InChI is InChI=1S/C25H27ClN4OS/c1-25(2,3)19-12-10-18(11-13-19)6-4-7-20-23(31)28-24(32-20)30-16-14-29(15-17-30)22-9-5-8-21(26)27-22/h4-13H,14-17H2,1-3H3. The molecular formula is C25H27ClN4OS. The lowest BCUT2D eigenvalue weighted by molar-refractivity contribution is -0.113. The highest BCUT2D eigenvalue weighted by molar-refractivity contribution is 8.18. The summed E-state index contributed by atoms with van der Waals surface area (Å²) in [7, 11) is 0. The fraction of sp³-hybridized carbons (Fsp3) is 0.320. The quantitative estimate of drug-likeness (QED) is 0.449. The molecular weight excluding hydrogens is 440 g/mol. The van der Waals surface area contributed by atoms with Gasteiger partial charge in [0.25, 0.3) is 5.91 Å². The van der Waals surface area contributed by atoms with Gasteiger partial charge in [0.1, 0.15) is 11.0 Å². The number of thioether (sulfide) groups is 1. The summed E-state index contributed by atoms with van der Waals surface area (Å²) < 4.78 is 0. The Balaban J connectivity index is 1.33. The van der Waals surface area contributed by atoms with Crippen LogP contribution in [0.3, 0.4) is 0 Å². The van der Waals surface area contributed by atoms with Gasteiger partial charge in [-0.1, -0.05) is 74.9 Å². The predicted octanol–water partition coefficient (Wildman–Crippen LogP) is 5.38. The summed E-state index contributed by atoms with van der Waals surface area (Å²) in [4.78, 5) is 26.1. The van der Waals surface area contributed by atoms with Gasteiger partial charge in [0.05, 0.1) is 4.91 Å². The first kappa shape index (κ1) is 22.6. The van der Waals surface area contributed by atoms with Crippen LogP contribution in [0.15, 0.2) is 64.5 Å². The molecule has 1 aromatic carbocycles. The average Bonchev–Trinajstić information content (AvgIpc) is 3.14. The monoisotopic (exact) mass is 466 g/mol. The summed E-state index contributed by atoms with van der Waals surface area (Å²) in [6.07, 6.45) is 5.79. The third-order valence-corrected chi connectivity index (χ3v) is 6.77. The van der Waals surface area contributed by atoms with E-state index in [0.717, 1.165) is 42.7 Å². The number of nitrogens with zero attached hydrogens (tertiary/aromatic N) is 4. The van der Waals surface area contributed by atoms with Crippen molar-refractivity contribution in [2.75, 3.05) is 31.1 Å². The van der Waals surface area contributed by atoms with Crippen molar-refractivity contribution in [3.05, 3.63) is 75.8 Å². The molecule has 1 amide bonds. The Hall–Kier alpha value is -2.57. The third-order valence-electron chi connectivity index (χ3n) is 5.50. The molecule has 2 aromatic rings. The van der Waals surface area contributed by atoms with E-state index >= 15 is 0 Å². The van der Waals surface area contributed by atoms with Crippen LogP contribution in [-0.4, -0.2) is 47.1 Å². The molecule has 1 saturated heterocycles. The Morgan fingerprint density at radius 3 is 2.34 bits per heavy atom. The minimum atomic E-state index is -0.170. The number of hydrogen-bond acceptors (Lipinski definition) is 5. The molecule has 2 aliphatic rings. The maximum absolute atomic E-state index is 12.4. The number of aliphatic imine (C=N–C) groups is 1. The van der Waals surface area contributed by atoms with E-state index in [-0.39, 0.29) is 11.3 Å². The molecule has 2 aliphatic heterocycles. The molecule has 5 nitrogen and oxygen atoms in total. The summed E-state index contributed by atoms with van der Waals surface area (Å²) in [5.74, 6) is 0.715. The van der Waals surface area contributed by atoms with Crippen LogP contribution < -0.4 is 4.90 Å². The second-order valence-electron chi connectivity index (χ2n) is 8.86. The zero-order chi connectivity index (χ0) is 22.7. The van der Waals surface area contributed by atoms with Gasteiger partial charge < -0.3 is 9.80 Å². The van der Waals surface area contributed by atoms with E-state index in [1.807, 2.05) is 30.4 Å². The van der Waals surface area contributed by atoms with E-state index < -0.39 is 0 Å². The predicted molar refractivity (Wildman–Crippen MR) is 135 cm³/mol. The lowest BCUT2D eigenvalue weighted by Gasteiger charge is -2.35. The number of rotatable bonds is 3. The van der Waals surface area contributed by atoms with Gasteiger partial charge in [-0.25, -0.2) is 4.98 Å². The molecule has 0 unspecified atom stereocenters. The van der Waals surface area contributed by atoms with Crippen LogP contribution in [0, 0.1) is 0 Å². The molecule has 32 heavy (non-hydrogen) atoms. The topological polar surface area (TPSA) is 48.8 Å². The first-order valence-corrected chi connectivity index (χ1v) is 11.9. The number of aromatic nitrogens is 1. The van der Waals surface area contributed by atoms with Crippen LogP contribution in [0.2, 0.25) is 5.15 Å². The van der Waals surface area contributed by atoms with E-state index in [1.165, 1.54) is 17.3 Å². The van der Waals surface area contributed by atoms with Gasteiger partial charge in [-0.2, -0.15) is 4.99 Å². The van der Waals surface area contributed by atoms with Crippen LogP contribution in [0.4, 0.5) is 5.82 Å². The van der Waals surface area contributed by atoms with Crippen LogP contribution >= 0.6 is 23.4 Å². The Kier molecular flexibility index (Phi) is 6.72. The number of benzene rings is 1. The summed E-state index contributed by atoms with van der Waals surface area (Å²) >= 11 is 7.46. The molecule has 7 heteroatoms. The largest absolute Gasteiger partial charge is 0.353 e. The molecule has 0 bridgehead atoms. The number of pyridine rings is 1.